The first-order valence-corrected chi connectivity index (χ1v) is 9.84. The molecule has 2 N–H and O–H groups in total. The van der Waals surface area contributed by atoms with Gasteiger partial charge in [-0.3, -0.25) is 9.78 Å². The number of likely N-dealkylation sites (N-methyl/N-ethyl adjacent to an activating group) is 1. The van der Waals surface area contributed by atoms with Crippen LogP contribution < -0.4 is 10.6 Å². The smallest absolute Gasteiger partial charge is 0.248 e. The lowest BCUT2D eigenvalue weighted by atomic mass is 10.1. The number of rotatable bonds is 6. The molecule has 3 aromatic rings. The number of amides is 1. The van der Waals surface area contributed by atoms with Crippen molar-refractivity contribution in [2.24, 2.45) is 0 Å². The summed E-state index contributed by atoms with van der Waals surface area (Å²) in [5.74, 6) is -0.741. The summed E-state index contributed by atoms with van der Waals surface area (Å²) < 4.78 is 14.8. The molecule has 0 fully saturated rings. The van der Waals surface area contributed by atoms with Crippen molar-refractivity contribution in [1.82, 2.24) is 9.88 Å². The average molecular weight is 468 g/mol. The van der Waals surface area contributed by atoms with Gasteiger partial charge in [0.25, 0.3) is 0 Å². The Balaban J connectivity index is 1.98. The highest BCUT2D eigenvalue weighted by molar-refractivity contribution is 9.10. The van der Waals surface area contributed by atoms with Crippen LogP contribution in [-0.4, -0.2) is 36.4 Å². The van der Waals surface area contributed by atoms with Crippen LogP contribution >= 0.6 is 15.9 Å². The van der Waals surface area contributed by atoms with E-state index >= 15 is 0 Å². The number of fused-ring (bicyclic) bond motifs is 1. The van der Waals surface area contributed by atoms with Gasteiger partial charge in [-0.05, 0) is 60.4 Å². The first-order chi connectivity index (χ1) is 14.4. The first-order valence-electron chi connectivity index (χ1n) is 9.05. The monoisotopic (exact) mass is 467 g/mol. The number of pyridine rings is 1. The Morgan fingerprint density at radius 2 is 2.13 bits per heavy atom. The molecule has 1 amide bonds. The van der Waals surface area contributed by atoms with Crippen molar-refractivity contribution >= 4 is 49.8 Å². The maximum Gasteiger partial charge on any atom is 0.248 e. The number of hydrogen-bond acceptors (Lipinski definition) is 5. The quantitative estimate of drug-likeness (QED) is 0.508. The fraction of sp³-hybridized carbons (Fsp3) is 0.136. The van der Waals surface area contributed by atoms with Crippen molar-refractivity contribution in [2.75, 3.05) is 31.3 Å². The van der Waals surface area contributed by atoms with E-state index in [9.17, 15) is 14.4 Å². The van der Waals surface area contributed by atoms with E-state index in [1.165, 1.54) is 12.3 Å². The van der Waals surface area contributed by atoms with Gasteiger partial charge >= 0.3 is 0 Å². The Morgan fingerprint density at radius 1 is 1.33 bits per heavy atom. The van der Waals surface area contributed by atoms with Crippen LogP contribution in [0.5, 0.6) is 0 Å². The molecule has 1 heterocycles. The summed E-state index contributed by atoms with van der Waals surface area (Å²) in [6, 6.07) is 12.1. The van der Waals surface area contributed by atoms with Crippen LogP contribution in [0.25, 0.3) is 10.9 Å². The lowest BCUT2D eigenvalue weighted by Gasteiger charge is -2.14. The molecule has 0 bridgehead atoms. The van der Waals surface area contributed by atoms with Crippen LogP contribution in [0.2, 0.25) is 0 Å². The third-order valence-corrected chi connectivity index (χ3v) is 4.82. The molecular formula is C22H19BrFN5O. The van der Waals surface area contributed by atoms with Crippen molar-refractivity contribution < 1.29 is 9.18 Å². The molecule has 0 saturated carbocycles. The molecule has 2 aromatic carbocycles. The van der Waals surface area contributed by atoms with Crippen LogP contribution in [0, 0.1) is 17.1 Å². The standard InChI is InChI=1S/C22H19BrFN5O/c1-29(2)10-4-7-20(30)27-15-8-9-18-16(11-15)22(14(12-25)13-26-18)28-19-6-3-5-17(23)21(19)24/h3-9,11,13H,10H2,1-2H3,(H,26,28)(H,27,30). The molecule has 0 unspecified atom stereocenters. The number of carbonyl (C=O) groups excluding carboxylic acids is 1. The molecule has 30 heavy (non-hydrogen) atoms. The van der Waals surface area contributed by atoms with E-state index in [-0.39, 0.29) is 17.2 Å². The SMILES string of the molecule is CN(C)CC=CC(=O)Nc1ccc2ncc(C#N)c(Nc3cccc(Br)c3F)c2c1. The number of halogens is 2. The predicted octanol–water partition coefficient (Wildman–Crippen LogP) is 4.81. The number of hydrogen-bond donors (Lipinski definition) is 2. The van der Waals surface area contributed by atoms with Gasteiger partial charge in [0.2, 0.25) is 5.91 Å². The zero-order chi connectivity index (χ0) is 21.7. The molecule has 3 rings (SSSR count). The molecule has 0 aliphatic rings. The van der Waals surface area contributed by atoms with Crippen molar-refractivity contribution in [2.45, 2.75) is 0 Å². The maximum absolute atomic E-state index is 14.5. The van der Waals surface area contributed by atoms with Crippen molar-refractivity contribution in [3.63, 3.8) is 0 Å². The fourth-order valence-electron chi connectivity index (χ4n) is 2.78. The fourth-order valence-corrected chi connectivity index (χ4v) is 3.15. The van der Waals surface area contributed by atoms with Gasteiger partial charge in [0.15, 0.2) is 5.82 Å². The molecular weight excluding hydrogens is 449 g/mol. The summed E-state index contributed by atoms with van der Waals surface area (Å²) in [6.45, 7) is 0.646. The predicted molar refractivity (Wildman–Crippen MR) is 120 cm³/mol. The van der Waals surface area contributed by atoms with E-state index in [2.05, 4.69) is 37.6 Å². The van der Waals surface area contributed by atoms with E-state index in [4.69, 9.17) is 0 Å². The highest BCUT2D eigenvalue weighted by Gasteiger charge is 2.13. The number of nitrogens with zero attached hydrogens (tertiary/aromatic N) is 3. The second-order valence-electron chi connectivity index (χ2n) is 6.77. The zero-order valence-electron chi connectivity index (χ0n) is 16.4. The Labute approximate surface area is 182 Å². The van der Waals surface area contributed by atoms with Gasteiger partial charge in [-0.1, -0.05) is 12.1 Å². The molecule has 0 atom stereocenters. The summed E-state index contributed by atoms with van der Waals surface area (Å²) in [6.07, 6.45) is 4.65. The van der Waals surface area contributed by atoms with Crippen LogP contribution in [0.15, 0.2) is 59.2 Å². The number of aromatic nitrogens is 1. The van der Waals surface area contributed by atoms with Gasteiger partial charge in [0.05, 0.1) is 26.9 Å². The Hall–Kier alpha value is -3.28. The Morgan fingerprint density at radius 3 is 2.87 bits per heavy atom. The average Bonchev–Trinajstić information content (AvgIpc) is 2.71. The molecule has 0 aliphatic carbocycles. The van der Waals surface area contributed by atoms with Crippen molar-refractivity contribution in [3.05, 3.63) is 70.6 Å². The molecule has 0 aliphatic heterocycles. The third-order valence-electron chi connectivity index (χ3n) is 4.21. The number of nitrogens with one attached hydrogen (secondary N) is 2. The summed E-state index contributed by atoms with van der Waals surface area (Å²) in [4.78, 5) is 18.4. The van der Waals surface area contributed by atoms with Gasteiger partial charge in [-0.25, -0.2) is 4.39 Å². The van der Waals surface area contributed by atoms with Crippen LogP contribution in [0.3, 0.4) is 0 Å². The normalized spacial score (nSPS) is 11.1. The van der Waals surface area contributed by atoms with Gasteiger partial charge in [0.1, 0.15) is 6.07 Å². The molecule has 1 aromatic heterocycles. The molecule has 8 heteroatoms. The summed E-state index contributed by atoms with van der Waals surface area (Å²) in [5.41, 5.74) is 2.04. The highest BCUT2D eigenvalue weighted by atomic mass is 79.9. The number of nitriles is 1. The first kappa shape index (κ1) is 21.4. The number of carbonyl (C=O) groups is 1. The molecule has 0 saturated heterocycles. The van der Waals surface area contributed by atoms with E-state index in [0.717, 1.165) is 0 Å². The second kappa shape index (κ2) is 9.48. The van der Waals surface area contributed by atoms with Gasteiger partial charge in [0, 0.05) is 29.9 Å². The topological polar surface area (TPSA) is 81.1 Å². The summed E-state index contributed by atoms with van der Waals surface area (Å²) >= 11 is 3.16. The lowest BCUT2D eigenvalue weighted by molar-refractivity contribution is -0.111. The Kier molecular flexibility index (Phi) is 6.77. The Bertz CT molecular complexity index is 1170. The van der Waals surface area contributed by atoms with Crippen LogP contribution in [0.4, 0.5) is 21.5 Å². The largest absolute Gasteiger partial charge is 0.351 e. The van der Waals surface area contributed by atoms with Gasteiger partial charge in [-0.15, -0.1) is 0 Å². The minimum atomic E-state index is -0.471. The minimum absolute atomic E-state index is 0.217. The molecule has 6 nitrogen and oxygen atoms in total. The molecule has 0 radical (unpaired) electrons. The van der Waals surface area contributed by atoms with E-state index in [0.29, 0.717) is 33.3 Å². The summed E-state index contributed by atoms with van der Waals surface area (Å²) in [5, 5.41) is 15.9. The second-order valence-corrected chi connectivity index (χ2v) is 7.63. The van der Waals surface area contributed by atoms with Crippen molar-refractivity contribution in [3.8, 4) is 6.07 Å². The van der Waals surface area contributed by atoms with Crippen LogP contribution in [0.1, 0.15) is 5.56 Å². The lowest BCUT2D eigenvalue weighted by Crippen LogP contribution is -2.13. The van der Waals surface area contributed by atoms with Gasteiger partial charge in [-0.2, -0.15) is 5.26 Å². The van der Waals surface area contributed by atoms with E-state index in [1.54, 1.807) is 42.5 Å². The van der Waals surface area contributed by atoms with Crippen molar-refractivity contribution in [1.29, 1.82) is 5.26 Å². The van der Waals surface area contributed by atoms with E-state index in [1.807, 2.05) is 19.0 Å². The number of benzene rings is 2. The molecule has 152 valence electrons. The third kappa shape index (κ3) is 5.00. The summed E-state index contributed by atoms with van der Waals surface area (Å²) in [7, 11) is 3.82. The number of anilines is 3. The maximum atomic E-state index is 14.5. The highest BCUT2D eigenvalue weighted by Crippen LogP contribution is 2.33. The minimum Gasteiger partial charge on any atom is -0.351 e. The van der Waals surface area contributed by atoms with Gasteiger partial charge < -0.3 is 15.5 Å². The van der Waals surface area contributed by atoms with Crippen LogP contribution in [-0.2, 0) is 4.79 Å². The zero-order valence-corrected chi connectivity index (χ0v) is 18.0. The molecule has 0 spiro atoms. The van der Waals surface area contributed by atoms with E-state index < -0.39 is 5.82 Å².